The van der Waals surface area contributed by atoms with Gasteiger partial charge >= 0.3 is 6.03 Å². The Labute approximate surface area is 137 Å². The average molecular weight is 324 g/mol. The second kappa shape index (κ2) is 10.6. The van der Waals surface area contributed by atoms with E-state index in [4.69, 9.17) is 4.52 Å². The molecule has 0 aliphatic heterocycles. The number of nitrogens with one attached hydrogen (secondary N) is 2. The molecule has 2 N–H and O–H groups in total. The van der Waals surface area contributed by atoms with Crippen LogP contribution in [0.1, 0.15) is 51.7 Å². The molecule has 1 aromatic heterocycles. The number of amides is 3. The molecule has 0 atom stereocenters. The molecule has 1 aromatic rings. The van der Waals surface area contributed by atoms with Crippen molar-refractivity contribution in [1.82, 2.24) is 15.4 Å². The lowest BCUT2D eigenvalue weighted by Gasteiger charge is -2.22. The van der Waals surface area contributed by atoms with Gasteiger partial charge in [-0.15, -0.1) is 0 Å². The third-order valence-electron chi connectivity index (χ3n) is 3.36. The van der Waals surface area contributed by atoms with E-state index in [9.17, 15) is 9.59 Å². The molecule has 0 aliphatic rings. The molecule has 0 spiro atoms. The minimum atomic E-state index is -0.277. The molecular weight excluding hydrogens is 296 g/mol. The number of aromatic nitrogens is 1. The number of rotatable bonds is 10. The summed E-state index contributed by atoms with van der Waals surface area (Å²) in [5.74, 6) is 0.713. The van der Waals surface area contributed by atoms with E-state index in [0.29, 0.717) is 24.7 Å². The zero-order chi connectivity index (χ0) is 17.1. The minimum Gasteiger partial charge on any atom is -0.360 e. The standard InChI is InChI=1S/C16H28N4O3/c1-4-6-8-10-20(16(22)17-9-7-5-2)12-15(21)18-14-11-13(3)23-19-14/h11H,4-10,12H2,1-3H3,(H,17,22)(H,18,19,21). The lowest BCUT2D eigenvalue weighted by molar-refractivity contribution is -0.116. The second-order valence-electron chi connectivity index (χ2n) is 5.59. The largest absolute Gasteiger partial charge is 0.360 e. The number of nitrogens with zero attached hydrogens (tertiary/aromatic N) is 2. The lowest BCUT2D eigenvalue weighted by atomic mass is 10.2. The van der Waals surface area contributed by atoms with Crippen LogP contribution in [0, 0.1) is 6.92 Å². The summed E-state index contributed by atoms with van der Waals surface area (Å²) >= 11 is 0. The Hall–Kier alpha value is -2.05. The topological polar surface area (TPSA) is 87.5 Å². The highest BCUT2D eigenvalue weighted by molar-refractivity contribution is 5.93. The van der Waals surface area contributed by atoms with Gasteiger partial charge in [-0.25, -0.2) is 4.79 Å². The van der Waals surface area contributed by atoms with E-state index in [1.54, 1.807) is 17.9 Å². The van der Waals surface area contributed by atoms with Crippen molar-refractivity contribution in [3.05, 3.63) is 11.8 Å². The van der Waals surface area contributed by atoms with Gasteiger partial charge in [-0.2, -0.15) is 0 Å². The maximum Gasteiger partial charge on any atom is 0.317 e. The van der Waals surface area contributed by atoms with Crippen LogP contribution >= 0.6 is 0 Å². The molecule has 0 radical (unpaired) electrons. The van der Waals surface area contributed by atoms with Gasteiger partial charge in [0.25, 0.3) is 0 Å². The SMILES string of the molecule is CCCCCN(CC(=O)Nc1cc(C)on1)C(=O)NCCCC. The van der Waals surface area contributed by atoms with Gasteiger partial charge in [-0.05, 0) is 19.8 Å². The highest BCUT2D eigenvalue weighted by atomic mass is 16.5. The van der Waals surface area contributed by atoms with Crippen molar-refractivity contribution in [1.29, 1.82) is 0 Å². The van der Waals surface area contributed by atoms with E-state index in [-0.39, 0.29) is 18.5 Å². The third-order valence-corrected chi connectivity index (χ3v) is 3.36. The molecule has 7 nitrogen and oxygen atoms in total. The molecule has 0 aromatic carbocycles. The first-order valence-electron chi connectivity index (χ1n) is 8.32. The fourth-order valence-corrected chi connectivity index (χ4v) is 2.07. The molecule has 1 heterocycles. The van der Waals surface area contributed by atoms with Gasteiger partial charge in [0, 0.05) is 19.2 Å². The van der Waals surface area contributed by atoms with Gasteiger partial charge in [-0.3, -0.25) is 4.79 Å². The number of urea groups is 1. The molecule has 130 valence electrons. The van der Waals surface area contributed by atoms with Crippen LogP contribution in [-0.4, -0.2) is 41.6 Å². The Morgan fingerprint density at radius 2 is 1.96 bits per heavy atom. The Balaban J connectivity index is 2.52. The number of carbonyl (C=O) groups is 2. The van der Waals surface area contributed by atoms with Gasteiger partial charge < -0.3 is 20.1 Å². The number of anilines is 1. The van der Waals surface area contributed by atoms with Crippen molar-refractivity contribution >= 4 is 17.8 Å². The van der Waals surface area contributed by atoms with Gasteiger partial charge in [-0.1, -0.05) is 38.3 Å². The highest BCUT2D eigenvalue weighted by Gasteiger charge is 2.17. The summed E-state index contributed by atoms with van der Waals surface area (Å²) in [6, 6.07) is 1.45. The summed E-state index contributed by atoms with van der Waals surface area (Å²) in [6.07, 6.45) is 4.92. The van der Waals surface area contributed by atoms with E-state index in [1.807, 2.05) is 0 Å². The zero-order valence-corrected chi connectivity index (χ0v) is 14.4. The van der Waals surface area contributed by atoms with Crippen molar-refractivity contribution in [2.24, 2.45) is 0 Å². The summed E-state index contributed by atoms with van der Waals surface area (Å²) in [4.78, 5) is 25.8. The van der Waals surface area contributed by atoms with E-state index in [2.05, 4.69) is 29.6 Å². The number of carbonyl (C=O) groups excluding carboxylic acids is 2. The molecule has 0 aliphatic carbocycles. The van der Waals surface area contributed by atoms with Crippen LogP contribution in [0.2, 0.25) is 0 Å². The van der Waals surface area contributed by atoms with Crippen molar-refractivity contribution < 1.29 is 14.1 Å². The second-order valence-corrected chi connectivity index (χ2v) is 5.59. The number of hydrogen-bond donors (Lipinski definition) is 2. The smallest absolute Gasteiger partial charge is 0.317 e. The summed E-state index contributed by atoms with van der Waals surface area (Å²) < 4.78 is 4.91. The Bertz CT molecular complexity index is 487. The van der Waals surface area contributed by atoms with Crippen LogP contribution in [0.5, 0.6) is 0 Å². The monoisotopic (exact) mass is 324 g/mol. The minimum absolute atomic E-state index is 0.00752. The molecule has 0 saturated heterocycles. The Morgan fingerprint density at radius 1 is 1.22 bits per heavy atom. The van der Waals surface area contributed by atoms with Gasteiger partial charge in [0.15, 0.2) is 5.82 Å². The van der Waals surface area contributed by atoms with Crippen LogP contribution in [0.3, 0.4) is 0 Å². The maximum atomic E-state index is 12.2. The number of hydrogen-bond acceptors (Lipinski definition) is 4. The number of unbranched alkanes of at least 4 members (excludes halogenated alkanes) is 3. The summed E-state index contributed by atoms with van der Waals surface area (Å²) in [7, 11) is 0. The van der Waals surface area contributed by atoms with Crippen LogP contribution < -0.4 is 10.6 Å². The fourth-order valence-electron chi connectivity index (χ4n) is 2.07. The first kappa shape index (κ1) is 19.0. The van der Waals surface area contributed by atoms with E-state index >= 15 is 0 Å². The van der Waals surface area contributed by atoms with Gasteiger partial charge in [0.1, 0.15) is 12.3 Å². The first-order valence-corrected chi connectivity index (χ1v) is 8.32. The maximum absolute atomic E-state index is 12.2. The Kier molecular flexibility index (Phi) is 8.79. The molecule has 3 amide bonds. The molecule has 0 bridgehead atoms. The van der Waals surface area contributed by atoms with Crippen molar-refractivity contribution in [3.63, 3.8) is 0 Å². The van der Waals surface area contributed by atoms with Crippen molar-refractivity contribution in [2.45, 2.75) is 52.9 Å². The quantitative estimate of drug-likeness (QED) is 0.648. The van der Waals surface area contributed by atoms with Crippen molar-refractivity contribution in [2.75, 3.05) is 25.0 Å². The summed E-state index contributed by atoms with van der Waals surface area (Å²) in [5.41, 5.74) is 0. The van der Waals surface area contributed by atoms with E-state index in [0.717, 1.165) is 32.1 Å². The predicted molar refractivity (Wildman–Crippen MR) is 89.3 cm³/mol. The molecule has 0 unspecified atom stereocenters. The fraction of sp³-hybridized carbons (Fsp3) is 0.688. The Morgan fingerprint density at radius 3 is 2.57 bits per heavy atom. The molecule has 0 saturated carbocycles. The van der Waals surface area contributed by atoms with Gasteiger partial charge in [0.2, 0.25) is 5.91 Å². The number of aryl methyl sites for hydroxylation is 1. The molecule has 7 heteroatoms. The first-order chi connectivity index (χ1) is 11.1. The molecule has 23 heavy (non-hydrogen) atoms. The summed E-state index contributed by atoms with van der Waals surface area (Å²) in [6.45, 7) is 7.12. The zero-order valence-electron chi connectivity index (χ0n) is 14.4. The van der Waals surface area contributed by atoms with Crippen LogP contribution in [0.15, 0.2) is 10.6 Å². The predicted octanol–water partition coefficient (Wildman–Crippen LogP) is 2.92. The summed E-state index contributed by atoms with van der Waals surface area (Å²) in [5, 5.41) is 9.22. The highest BCUT2D eigenvalue weighted by Crippen LogP contribution is 2.07. The molecule has 0 fully saturated rings. The van der Waals surface area contributed by atoms with Crippen molar-refractivity contribution in [3.8, 4) is 0 Å². The van der Waals surface area contributed by atoms with Gasteiger partial charge in [0.05, 0.1) is 0 Å². The lowest BCUT2D eigenvalue weighted by Crippen LogP contribution is -2.44. The van der Waals surface area contributed by atoms with Crippen LogP contribution in [0.25, 0.3) is 0 Å². The van der Waals surface area contributed by atoms with E-state index < -0.39 is 0 Å². The average Bonchev–Trinajstić information content (AvgIpc) is 2.91. The molecular formula is C16H28N4O3. The normalized spacial score (nSPS) is 10.4. The van der Waals surface area contributed by atoms with Crippen LogP contribution in [0.4, 0.5) is 10.6 Å². The van der Waals surface area contributed by atoms with E-state index in [1.165, 1.54) is 0 Å². The molecule has 1 rings (SSSR count). The third kappa shape index (κ3) is 7.67. The van der Waals surface area contributed by atoms with Crippen LogP contribution in [-0.2, 0) is 4.79 Å².